The Morgan fingerprint density at radius 1 is 1.30 bits per heavy atom. The van der Waals surface area contributed by atoms with Gasteiger partial charge in [-0.1, -0.05) is 30.9 Å². The number of hydrogen-bond acceptors (Lipinski definition) is 6. The van der Waals surface area contributed by atoms with E-state index in [-0.39, 0.29) is 38.3 Å². The van der Waals surface area contributed by atoms with Crippen LogP contribution in [-0.2, 0) is 24.4 Å². The van der Waals surface area contributed by atoms with E-state index < -0.39 is 11.2 Å². The molecule has 1 aromatic carbocycles. The summed E-state index contributed by atoms with van der Waals surface area (Å²) in [5, 5.41) is 11.8. The Kier molecular flexibility index (Phi) is 9.03. The predicted molar refractivity (Wildman–Crippen MR) is 112 cm³/mol. The van der Waals surface area contributed by atoms with Gasteiger partial charge in [-0.15, -0.1) is 0 Å². The lowest BCUT2D eigenvalue weighted by atomic mass is 10.1. The van der Waals surface area contributed by atoms with Crippen LogP contribution in [0, 0.1) is 11.8 Å². The molecule has 9 heteroatoms. The van der Waals surface area contributed by atoms with Crippen LogP contribution in [0.2, 0.25) is 0 Å². The van der Waals surface area contributed by atoms with Gasteiger partial charge < -0.3 is 20.9 Å². The van der Waals surface area contributed by atoms with Crippen molar-refractivity contribution in [3.8, 4) is 11.8 Å². The summed E-state index contributed by atoms with van der Waals surface area (Å²) < 4.78 is 6.64. The maximum Gasteiger partial charge on any atom is 0.330 e. The van der Waals surface area contributed by atoms with E-state index in [2.05, 4.69) is 22.1 Å². The average Bonchev–Trinajstić information content (AvgIpc) is 2.76. The molecule has 0 aliphatic heterocycles. The second kappa shape index (κ2) is 11.7. The molecule has 1 amide bonds. The number of nitrogens with one attached hydrogen (secondary N) is 2. The molecule has 2 aromatic rings. The van der Waals surface area contributed by atoms with Crippen LogP contribution >= 0.6 is 0 Å². The van der Waals surface area contributed by atoms with Gasteiger partial charge in [0.2, 0.25) is 0 Å². The highest BCUT2D eigenvalue weighted by molar-refractivity contribution is 5.94. The number of amides is 1. The van der Waals surface area contributed by atoms with E-state index in [0.717, 1.165) is 5.56 Å². The Bertz CT molecular complexity index is 1010. The summed E-state index contributed by atoms with van der Waals surface area (Å²) in [6.45, 7) is 2.13. The molecule has 0 unspecified atom stereocenters. The van der Waals surface area contributed by atoms with Crippen molar-refractivity contribution in [1.82, 2.24) is 14.9 Å². The number of carbonyl (C=O) groups is 1. The van der Waals surface area contributed by atoms with Crippen LogP contribution in [0.3, 0.4) is 0 Å². The van der Waals surface area contributed by atoms with Crippen LogP contribution in [0.5, 0.6) is 0 Å². The highest BCUT2D eigenvalue weighted by Crippen LogP contribution is 2.03. The molecule has 0 aliphatic rings. The van der Waals surface area contributed by atoms with Crippen molar-refractivity contribution in [2.45, 2.75) is 39.1 Å². The van der Waals surface area contributed by atoms with Gasteiger partial charge in [-0.3, -0.25) is 19.1 Å². The number of aromatic amines is 1. The number of nitrogens with zero attached hydrogens (tertiary/aromatic N) is 1. The van der Waals surface area contributed by atoms with Crippen molar-refractivity contribution >= 4 is 5.91 Å². The Morgan fingerprint density at radius 3 is 2.67 bits per heavy atom. The van der Waals surface area contributed by atoms with Crippen molar-refractivity contribution in [1.29, 1.82) is 0 Å². The first-order valence-electron chi connectivity index (χ1n) is 9.56. The molecule has 5 N–H and O–H groups in total. The first-order valence-corrected chi connectivity index (χ1v) is 9.56. The highest BCUT2D eigenvalue weighted by Gasteiger charge is 2.08. The van der Waals surface area contributed by atoms with Crippen molar-refractivity contribution in [3.63, 3.8) is 0 Å². The number of carbonyl (C=O) groups excluding carboxylic acids is 1. The molecule has 1 atom stereocenters. The third-order valence-electron chi connectivity index (χ3n) is 4.39. The summed E-state index contributed by atoms with van der Waals surface area (Å²) in [6, 6.07) is 6.95. The lowest BCUT2D eigenvalue weighted by molar-refractivity contribution is -0.0269. The van der Waals surface area contributed by atoms with Gasteiger partial charge in [0.05, 0.1) is 19.3 Å². The van der Waals surface area contributed by atoms with E-state index in [9.17, 15) is 14.4 Å². The minimum absolute atomic E-state index is 0.0892. The summed E-state index contributed by atoms with van der Waals surface area (Å²) in [6.07, 6.45) is 1.70. The Labute approximate surface area is 173 Å². The minimum atomic E-state index is -0.600. The van der Waals surface area contributed by atoms with Gasteiger partial charge in [0, 0.05) is 30.3 Å². The molecule has 0 fully saturated rings. The van der Waals surface area contributed by atoms with E-state index >= 15 is 0 Å². The average molecular weight is 414 g/mol. The van der Waals surface area contributed by atoms with Crippen molar-refractivity contribution in [2.24, 2.45) is 5.73 Å². The summed E-state index contributed by atoms with van der Waals surface area (Å²) in [4.78, 5) is 38.1. The SMILES string of the molecule is CC[C@@H](CO)OCn1cc(CC#CCNC(=O)c2ccc(CN)cc2)c(=O)[nH]c1=O. The molecule has 2 rings (SSSR count). The molecule has 0 spiro atoms. The summed E-state index contributed by atoms with van der Waals surface area (Å²) in [7, 11) is 0. The quantitative estimate of drug-likeness (QED) is 0.416. The monoisotopic (exact) mass is 414 g/mol. The van der Waals surface area contributed by atoms with E-state index in [1.807, 2.05) is 6.92 Å². The van der Waals surface area contributed by atoms with Gasteiger partial charge in [-0.05, 0) is 24.1 Å². The molecule has 30 heavy (non-hydrogen) atoms. The number of hydrogen-bond donors (Lipinski definition) is 4. The van der Waals surface area contributed by atoms with Gasteiger partial charge in [0.1, 0.15) is 6.73 Å². The largest absolute Gasteiger partial charge is 0.394 e. The molecule has 9 nitrogen and oxygen atoms in total. The number of aliphatic hydroxyl groups is 1. The fourth-order valence-corrected chi connectivity index (χ4v) is 2.50. The lowest BCUT2D eigenvalue weighted by Crippen LogP contribution is -2.33. The summed E-state index contributed by atoms with van der Waals surface area (Å²) in [5.41, 5.74) is 6.14. The maximum atomic E-state index is 12.1. The Balaban J connectivity index is 1.93. The van der Waals surface area contributed by atoms with Gasteiger partial charge in [0.15, 0.2) is 0 Å². The van der Waals surface area contributed by atoms with Crippen LogP contribution in [0.4, 0.5) is 0 Å². The minimum Gasteiger partial charge on any atom is -0.394 e. The number of rotatable bonds is 9. The zero-order chi connectivity index (χ0) is 21.9. The molecule has 160 valence electrons. The van der Waals surface area contributed by atoms with E-state index in [4.69, 9.17) is 15.6 Å². The van der Waals surface area contributed by atoms with E-state index in [0.29, 0.717) is 24.1 Å². The number of nitrogens with two attached hydrogens (primary N) is 1. The molecule has 0 saturated carbocycles. The zero-order valence-electron chi connectivity index (χ0n) is 16.8. The van der Waals surface area contributed by atoms with Crippen molar-refractivity contribution in [3.05, 3.63) is 68.0 Å². The molecule has 0 aliphatic carbocycles. The number of aliphatic hydroxyl groups excluding tert-OH is 1. The number of H-pyrrole nitrogens is 1. The van der Waals surface area contributed by atoms with E-state index in [1.165, 1.54) is 10.8 Å². The zero-order valence-corrected chi connectivity index (χ0v) is 16.8. The first-order chi connectivity index (χ1) is 14.5. The predicted octanol–water partition coefficient (Wildman–Crippen LogP) is -0.284. The molecule has 0 radical (unpaired) electrons. The van der Waals surface area contributed by atoms with E-state index in [1.54, 1.807) is 24.3 Å². The normalized spacial score (nSPS) is 11.4. The Hall–Kier alpha value is -3.19. The van der Waals surface area contributed by atoms with Crippen molar-refractivity contribution < 1.29 is 14.6 Å². The molecule has 0 bridgehead atoms. The van der Waals surface area contributed by atoms with Gasteiger partial charge in [0.25, 0.3) is 11.5 Å². The molecule has 1 aromatic heterocycles. The fourth-order valence-electron chi connectivity index (χ4n) is 2.50. The van der Waals surface area contributed by atoms with Crippen LogP contribution in [0.1, 0.15) is 34.8 Å². The fraction of sp³-hybridized carbons (Fsp3) is 0.381. The number of aromatic nitrogens is 2. The number of ether oxygens (including phenoxy) is 1. The van der Waals surface area contributed by atoms with Crippen LogP contribution in [0.25, 0.3) is 0 Å². The molecular weight excluding hydrogens is 388 g/mol. The second-order valence-electron chi connectivity index (χ2n) is 6.51. The third kappa shape index (κ3) is 6.70. The molecular formula is C21H26N4O5. The van der Waals surface area contributed by atoms with Crippen LogP contribution in [-0.4, -0.2) is 39.8 Å². The maximum absolute atomic E-state index is 12.1. The smallest absolute Gasteiger partial charge is 0.330 e. The highest BCUT2D eigenvalue weighted by atomic mass is 16.5. The second-order valence-corrected chi connectivity index (χ2v) is 6.51. The van der Waals surface area contributed by atoms with Gasteiger partial charge in [-0.2, -0.15) is 0 Å². The summed E-state index contributed by atoms with van der Waals surface area (Å²) >= 11 is 0. The number of benzene rings is 1. The Morgan fingerprint density at radius 2 is 2.03 bits per heavy atom. The van der Waals surface area contributed by atoms with Crippen LogP contribution < -0.4 is 22.3 Å². The van der Waals surface area contributed by atoms with Crippen LogP contribution in [0.15, 0.2) is 40.1 Å². The standard InChI is InChI=1S/C21H26N4O5/c1-2-18(13-26)30-14-25-12-17(20(28)24-21(25)29)5-3-4-10-23-19(27)16-8-6-15(11-22)7-9-16/h6-9,12,18,26H,2,5,10-11,13-14,22H2,1H3,(H,23,27)(H,24,28,29)/t18-/m0/s1. The third-order valence-corrected chi connectivity index (χ3v) is 4.39. The topological polar surface area (TPSA) is 139 Å². The van der Waals surface area contributed by atoms with Crippen molar-refractivity contribution in [2.75, 3.05) is 13.2 Å². The lowest BCUT2D eigenvalue weighted by Gasteiger charge is -2.14. The van der Waals surface area contributed by atoms with Gasteiger partial charge in [-0.25, -0.2) is 4.79 Å². The molecule has 1 heterocycles. The van der Waals surface area contributed by atoms with Gasteiger partial charge >= 0.3 is 5.69 Å². The molecule has 0 saturated heterocycles. The first kappa shape index (κ1) is 23.1. The summed E-state index contributed by atoms with van der Waals surface area (Å²) in [5.74, 6) is 5.33.